The molecule has 1 fully saturated rings. The van der Waals surface area contributed by atoms with E-state index in [0.29, 0.717) is 67.0 Å². The predicted octanol–water partition coefficient (Wildman–Crippen LogP) is 2.89. The summed E-state index contributed by atoms with van der Waals surface area (Å²) in [4.78, 5) is 36.5. The van der Waals surface area contributed by atoms with Crippen molar-refractivity contribution in [2.45, 2.75) is 20.0 Å². The van der Waals surface area contributed by atoms with E-state index in [9.17, 15) is 14.0 Å². The lowest BCUT2D eigenvalue weighted by atomic mass is 10.1. The Bertz CT molecular complexity index is 1500. The Morgan fingerprint density at radius 2 is 1.77 bits per heavy atom. The maximum absolute atomic E-state index is 14.3. The molecule has 0 atom stereocenters. The number of imidazole rings is 1. The molecule has 182 valence electrons. The second-order valence-corrected chi connectivity index (χ2v) is 9.29. The largest absolute Gasteiger partial charge is 0.340 e. The minimum Gasteiger partial charge on any atom is -0.340 e. The number of aromatic nitrogens is 4. The molecule has 0 saturated carbocycles. The zero-order valence-electron chi connectivity index (χ0n) is 19.6. The highest BCUT2D eigenvalue weighted by atomic mass is 35.5. The molecule has 5 rings (SSSR count). The van der Waals surface area contributed by atoms with Gasteiger partial charge < -0.3 is 4.90 Å². The van der Waals surface area contributed by atoms with E-state index in [-0.39, 0.29) is 5.82 Å². The number of H-pyrrole nitrogens is 1. The number of piperazine rings is 1. The molecular weight excluding hydrogens is 471 g/mol. The minimum absolute atomic E-state index is 0.305. The molecule has 0 spiro atoms. The van der Waals surface area contributed by atoms with Crippen LogP contribution >= 0.6 is 11.6 Å². The van der Waals surface area contributed by atoms with Gasteiger partial charge in [-0.15, -0.1) is 0 Å². The number of nitrogens with one attached hydrogen (secondary N) is 1. The van der Waals surface area contributed by atoms with Crippen LogP contribution in [-0.4, -0.2) is 50.2 Å². The van der Waals surface area contributed by atoms with Gasteiger partial charge in [0.2, 0.25) is 5.95 Å². The van der Waals surface area contributed by atoms with Gasteiger partial charge in [0.25, 0.3) is 5.56 Å². The third kappa shape index (κ3) is 4.37. The van der Waals surface area contributed by atoms with Crippen LogP contribution in [0.3, 0.4) is 0 Å². The highest BCUT2D eigenvalue weighted by molar-refractivity contribution is 6.31. The molecule has 1 saturated heterocycles. The molecule has 0 amide bonds. The van der Waals surface area contributed by atoms with Crippen molar-refractivity contribution in [1.82, 2.24) is 24.0 Å². The van der Waals surface area contributed by atoms with E-state index in [0.717, 1.165) is 11.1 Å². The average molecular weight is 497 g/mol. The fourth-order valence-corrected chi connectivity index (χ4v) is 4.81. The van der Waals surface area contributed by atoms with E-state index in [4.69, 9.17) is 16.6 Å². The fourth-order valence-electron chi connectivity index (χ4n) is 4.59. The number of hydrogen-bond acceptors (Lipinski definition) is 5. The Morgan fingerprint density at radius 3 is 2.49 bits per heavy atom. The monoisotopic (exact) mass is 496 g/mol. The van der Waals surface area contributed by atoms with Crippen LogP contribution in [-0.2, 0) is 20.1 Å². The number of nitrogens with zero attached hydrogens (tertiary/aromatic N) is 5. The van der Waals surface area contributed by atoms with Crippen LogP contribution < -0.4 is 16.1 Å². The molecule has 0 aliphatic carbocycles. The molecule has 8 nitrogen and oxygen atoms in total. The molecule has 3 heterocycles. The van der Waals surface area contributed by atoms with Gasteiger partial charge in [0, 0.05) is 50.4 Å². The van der Waals surface area contributed by atoms with Crippen molar-refractivity contribution < 1.29 is 4.39 Å². The van der Waals surface area contributed by atoms with E-state index in [1.54, 1.807) is 19.2 Å². The Morgan fingerprint density at radius 1 is 1.03 bits per heavy atom. The van der Waals surface area contributed by atoms with Gasteiger partial charge in [-0.05, 0) is 30.2 Å². The lowest BCUT2D eigenvalue weighted by Gasteiger charge is -2.35. The first-order valence-corrected chi connectivity index (χ1v) is 11.9. The number of anilines is 1. The minimum atomic E-state index is -0.499. The summed E-state index contributed by atoms with van der Waals surface area (Å²) in [6.07, 6.45) is 0. The summed E-state index contributed by atoms with van der Waals surface area (Å²) in [7, 11) is 1.60. The van der Waals surface area contributed by atoms with Gasteiger partial charge in [-0.3, -0.25) is 23.8 Å². The molecule has 35 heavy (non-hydrogen) atoms. The van der Waals surface area contributed by atoms with Gasteiger partial charge in [0.1, 0.15) is 5.82 Å². The quantitative estimate of drug-likeness (QED) is 0.459. The molecule has 1 aliphatic rings. The number of hydrogen-bond donors (Lipinski definition) is 1. The van der Waals surface area contributed by atoms with Gasteiger partial charge in [0.15, 0.2) is 11.2 Å². The zero-order valence-corrected chi connectivity index (χ0v) is 20.3. The third-order valence-electron chi connectivity index (χ3n) is 6.68. The van der Waals surface area contributed by atoms with E-state index in [1.807, 2.05) is 35.8 Å². The summed E-state index contributed by atoms with van der Waals surface area (Å²) in [5.41, 5.74) is 2.43. The average Bonchev–Trinajstić information content (AvgIpc) is 3.22. The van der Waals surface area contributed by atoms with Gasteiger partial charge in [0.05, 0.1) is 6.54 Å². The molecule has 0 unspecified atom stereocenters. The summed E-state index contributed by atoms with van der Waals surface area (Å²) in [6.45, 7) is 5.52. The summed E-state index contributed by atoms with van der Waals surface area (Å²) < 4.78 is 17.5. The van der Waals surface area contributed by atoms with Crippen molar-refractivity contribution in [1.29, 1.82) is 0 Å². The molecule has 0 radical (unpaired) electrons. The van der Waals surface area contributed by atoms with Gasteiger partial charge >= 0.3 is 5.69 Å². The summed E-state index contributed by atoms with van der Waals surface area (Å²) in [5.74, 6) is 0.332. The topological polar surface area (TPSA) is 79.2 Å². The van der Waals surface area contributed by atoms with Gasteiger partial charge in [-0.1, -0.05) is 41.9 Å². The first-order valence-electron chi connectivity index (χ1n) is 11.5. The number of fused-ring (bicyclic) bond motifs is 1. The van der Waals surface area contributed by atoms with Gasteiger partial charge in [-0.25, -0.2) is 9.18 Å². The smallest absolute Gasteiger partial charge is 0.329 e. The van der Waals surface area contributed by atoms with Crippen molar-refractivity contribution in [3.8, 4) is 0 Å². The first kappa shape index (κ1) is 23.3. The molecular formula is C25H26ClFN6O2. The first-order chi connectivity index (χ1) is 16.8. The standard InChI is InChI=1S/C25H26ClFN6O2/c1-16-6-3-4-7-17(16)14-33-21-22(30(2)25(35)29-23(21)34)28-24(33)32-12-10-31(11-13-32)15-18-19(26)8-5-9-20(18)27/h3-9H,10-15H2,1-2H3,(H,29,34,35). The lowest BCUT2D eigenvalue weighted by Crippen LogP contribution is -2.47. The van der Waals surface area contributed by atoms with Crippen molar-refractivity contribution in [2.24, 2.45) is 7.05 Å². The number of rotatable bonds is 5. The molecule has 0 bridgehead atoms. The van der Waals surface area contributed by atoms with E-state index in [1.165, 1.54) is 10.6 Å². The highest BCUT2D eigenvalue weighted by Gasteiger charge is 2.26. The van der Waals surface area contributed by atoms with E-state index in [2.05, 4.69) is 14.8 Å². The Kier molecular flexibility index (Phi) is 6.21. The summed E-state index contributed by atoms with van der Waals surface area (Å²) in [5, 5.41) is 0.424. The second-order valence-electron chi connectivity index (χ2n) is 8.88. The SMILES string of the molecule is Cc1ccccc1Cn1c(N2CCN(Cc3c(F)cccc3Cl)CC2)nc2c1c(=O)[nH]c(=O)n2C. The zero-order chi connectivity index (χ0) is 24.7. The summed E-state index contributed by atoms with van der Waals surface area (Å²) >= 11 is 6.22. The molecule has 4 aromatic rings. The van der Waals surface area contributed by atoms with Crippen LogP contribution in [0.1, 0.15) is 16.7 Å². The van der Waals surface area contributed by atoms with Crippen LogP contribution in [0.4, 0.5) is 10.3 Å². The van der Waals surface area contributed by atoms with Crippen LogP contribution in [0.15, 0.2) is 52.1 Å². The third-order valence-corrected chi connectivity index (χ3v) is 7.03. The maximum atomic E-state index is 14.3. The Hall–Kier alpha value is -3.43. The Labute approximate surface area is 206 Å². The van der Waals surface area contributed by atoms with Crippen LogP contribution in [0.5, 0.6) is 0 Å². The van der Waals surface area contributed by atoms with Crippen molar-refractivity contribution in [3.05, 3.63) is 90.8 Å². The number of aryl methyl sites for hydroxylation is 2. The molecule has 2 aromatic heterocycles. The fraction of sp³-hybridized carbons (Fsp3) is 0.320. The predicted molar refractivity (Wildman–Crippen MR) is 135 cm³/mol. The number of halogens is 2. The highest BCUT2D eigenvalue weighted by Crippen LogP contribution is 2.25. The van der Waals surface area contributed by atoms with E-state index < -0.39 is 11.2 Å². The molecule has 10 heteroatoms. The van der Waals surface area contributed by atoms with Crippen LogP contribution in [0.2, 0.25) is 5.02 Å². The van der Waals surface area contributed by atoms with Crippen molar-refractivity contribution in [3.63, 3.8) is 0 Å². The maximum Gasteiger partial charge on any atom is 0.329 e. The molecule has 2 aromatic carbocycles. The van der Waals surface area contributed by atoms with Crippen molar-refractivity contribution in [2.75, 3.05) is 31.1 Å². The normalized spacial score (nSPS) is 14.7. The van der Waals surface area contributed by atoms with E-state index >= 15 is 0 Å². The van der Waals surface area contributed by atoms with Gasteiger partial charge in [-0.2, -0.15) is 4.98 Å². The van der Waals surface area contributed by atoms with Crippen LogP contribution in [0, 0.1) is 12.7 Å². The van der Waals surface area contributed by atoms with Crippen molar-refractivity contribution >= 4 is 28.7 Å². The number of benzene rings is 2. The Balaban J connectivity index is 1.48. The lowest BCUT2D eigenvalue weighted by molar-refractivity contribution is 0.245. The summed E-state index contributed by atoms with van der Waals surface area (Å²) in [6, 6.07) is 12.7. The second kappa shape index (κ2) is 9.31. The van der Waals surface area contributed by atoms with Crippen LogP contribution in [0.25, 0.3) is 11.2 Å². The molecule has 1 N–H and O–H groups in total. The number of aromatic amines is 1. The molecule has 1 aliphatic heterocycles.